The average Bonchev–Trinajstić information content (AvgIpc) is 2.15. The van der Waals surface area contributed by atoms with Crippen LogP contribution in [0.1, 0.15) is 40.0 Å². The number of nitrogens with zero attached hydrogens (tertiary/aromatic N) is 2. The van der Waals surface area contributed by atoms with Crippen LogP contribution in [0.25, 0.3) is 0 Å². The van der Waals surface area contributed by atoms with Gasteiger partial charge in [-0.05, 0) is 30.6 Å². The molecule has 80 valence electrons. The molecule has 0 heterocycles. The second kappa shape index (κ2) is 3.98. The summed E-state index contributed by atoms with van der Waals surface area (Å²) < 4.78 is 0. The summed E-state index contributed by atoms with van der Waals surface area (Å²) in [6.45, 7) is 6.62. The van der Waals surface area contributed by atoms with Gasteiger partial charge in [0.05, 0.1) is 5.71 Å². The van der Waals surface area contributed by atoms with Gasteiger partial charge in [-0.3, -0.25) is 0 Å². The van der Waals surface area contributed by atoms with Crippen molar-refractivity contribution in [3.8, 4) is 0 Å². The van der Waals surface area contributed by atoms with E-state index in [1.54, 1.807) is 0 Å². The van der Waals surface area contributed by atoms with Crippen molar-refractivity contribution in [2.24, 2.45) is 27.4 Å². The van der Waals surface area contributed by atoms with E-state index in [-0.39, 0.29) is 5.41 Å². The highest BCUT2D eigenvalue weighted by molar-refractivity contribution is 6.42. The molecule has 1 fully saturated rings. The highest BCUT2D eigenvalue weighted by Gasteiger charge is 2.31. The second-order valence-corrected chi connectivity index (χ2v) is 4.93. The molecule has 3 N–H and O–H groups in total. The van der Waals surface area contributed by atoms with Gasteiger partial charge in [0.15, 0.2) is 0 Å². The standard InChI is InChI=1S/C10H19N3O/c1-10(2,3)7-4-5-8(12-11)9(6-7)13-14/h7,14H,4-6,11H2,1-3H3/b12-8+,13-9-. The van der Waals surface area contributed by atoms with E-state index in [0.29, 0.717) is 11.6 Å². The predicted octanol–water partition coefficient (Wildman–Crippen LogP) is 1.98. The van der Waals surface area contributed by atoms with Crippen LogP contribution in [-0.2, 0) is 0 Å². The second-order valence-electron chi connectivity index (χ2n) is 4.93. The molecule has 1 rings (SSSR count). The summed E-state index contributed by atoms with van der Waals surface area (Å²) in [4.78, 5) is 0. The van der Waals surface area contributed by atoms with Crippen LogP contribution in [0.2, 0.25) is 0 Å². The summed E-state index contributed by atoms with van der Waals surface area (Å²) in [6.07, 6.45) is 2.66. The summed E-state index contributed by atoms with van der Waals surface area (Å²) in [5.74, 6) is 5.76. The highest BCUT2D eigenvalue weighted by Crippen LogP contribution is 2.35. The molecule has 1 atom stereocenters. The number of rotatable bonds is 0. The molecule has 0 aromatic rings. The molecule has 1 saturated carbocycles. The molecule has 0 bridgehead atoms. The molecule has 1 aliphatic rings. The maximum Gasteiger partial charge on any atom is 0.103 e. The Morgan fingerprint density at radius 1 is 1.36 bits per heavy atom. The molecular weight excluding hydrogens is 178 g/mol. The topological polar surface area (TPSA) is 71.0 Å². The van der Waals surface area contributed by atoms with Crippen LogP contribution in [-0.4, -0.2) is 16.6 Å². The number of oxime groups is 1. The maximum absolute atomic E-state index is 8.83. The molecule has 4 heteroatoms. The first-order valence-corrected chi connectivity index (χ1v) is 4.97. The summed E-state index contributed by atoms with van der Waals surface area (Å²) in [7, 11) is 0. The van der Waals surface area contributed by atoms with Crippen molar-refractivity contribution in [2.75, 3.05) is 0 Å². The minimum absolute atomic E-state index is 0.246. The first-order chi connectivity index (χ1) is 6.49. The highest BCUT2D eigenvalue weighted by atomic mass is 16.4. The average molecular weight is 197 g/mol. The normalized spacial score (nSPS) is 29.8. The van der Waals surface area contributed by atoms with E-state index in [4.69, 9.17) is 11.0 Å². The van der Waals surface area contributed by atoms with Crippen LogP contribution in [0.4, 0.5) is 0 Å². The van der Waals surface area contributed by atoms with Gasteiger partial charge in [-0.15, -0.1) is 0 Å². The molecular formula is C10H19N3O. The van der Waals surface area contributed by atoms with Crippen molar-refractivity contribution >= 4 is 11.4 Å². The lowest BCUT2D eigenvalue weighted by Crippen LogP contribution is -2.33. The van der Waals surface area contributed by atoms with Gasteiger partial charge in [0, 0.05) is 0 Å². The van der Waals surface area contributed by atoms with Crippen LogP contribution in [0.5, 0.6) is 0 Å². The lowest BCUT2D eigenvalue weighted by atomic mass is 9.71. The van der Waals surface area contributed by atoms with Crippen molar-refractivity contribution in [2.45, 2.75) is 40.0 Å². The zero-order valence-corrected chi connectivity index (χ0v) is 9.12. The Bertz CT molecular complexity index is 263. The minimum Gasteiger partial charge on any atom is -0.411 e. The number of hydrogen-bond acceptors (Lipinski definition) is 4. The molecule has 0 aromatic heterocycles. The monoisotopic (exact) mass is 197 g/mol. The molecule has 0 amide bonds. The van der Waals surface area contributed by atoms with Crippen LogP contribution in [0.3, 0.4) is 0 Å². The summed E-state index contributed by atoms with van der Waals surface area (Å²) in [5, 5.41) is 15.7. The number of hydrazone groups is 1. The third-order valence-corrected chi connectivity index (χ3v) is 3.00. The minimum atomic E-state index is 0.246. The molecule has 14 heavy (non-hydrogen) atoms. The van der Waals surface area contributed by atoms with E-state index >= 15 is 0 Å². The van der Waals surface area contributed by atoms with Crippen molar-refractivity contribution < 1.29 is 5.21 Å². The fraction of sp³-hybridized carbons (Fsp3) is 0.800. The quantitative estimate of drug-likeness (QED) is 0.354. The zero-order chi connectivity index (χ0) is 10.8. The van der Waals surface area contributed by atoms with Crippen LogP contribution < -0.4 is 5.84 Å². The zero-order valence-electron chi connectivity index (χ0n) is 9.12. The Balaban J connectivity index is 2.77. The van der Waals surface area contributed by atoms with Gasteiger partial charge >= 0.3 is 0 Å². The smallest absolute Gasteiger partial charge is 0.103 e. The van der Waals surface area contributed by atoms with Crippen LogP contribution in [0.15, 0.2) is 10.3 Å². The van der Waals surface area contributed by atoms with Gasteiger partial charge in [-0.1, -0.05) is 25.9 Å². The number of hydrogen-bond donors (Lipinski definition) is 2. The largest absolute Gasteiger partial charge is 0.411 e. The fourth-order valence-corrected chi connectivity index (χ4v) is 1.89. The fourth-order valence-electron chi connectivity index (χ4n) is 1.89. The molecule has 0 aromatic carbocycles. The van der Waals surface area contributed by atoms with E-state index in [9.17, 15) is 0 Å². The van der Waals surface area contributed by atoms with Gasteiger partial charge in [0.25, 0.3) is 0 Å². The first kappa shape index (κ1) is 11.0. The third kappa shape index (κ3) is 2.25. The van der Waals surface area contributed by atoms with E-state index in [1.165, 1.54) is 0 Å². The van der Waals surface area contributed by atoms with E-state index in [1.807, 2.05) is 0 Å². The summed E-state index contributed by atoms with van der Waals surface area (Å²) in [5.41, 5.74) is 1.64. The third-order valence-electron chi connectivity index (χ3n) is 3.00. The van der Waals surface area contributed by atoms with E-state index in [0.717, 1.165) is 25.0 Å². The lowest BCUT2D eigenvalue weighted by Gasteiger charge is -2.34. The van der Waals surface area contributed by atoms with Crippen molar-refractivity contribution in [3.05, 3.63) is 0 Å². The first-order valence-electron chi connectivity index (χ1n) is 4.97. The number of nitrogens with two attached hydrogens (primary N) is 1. The maximum atomic E-state index is 8.83. The molecule has 0 spiro atoms. The van der Waals surface area contributed by atoms with Crippen molar-refractivity contribution in [1.29, 1.82) is 0 Å². The molecule has 0 saturated heterocycles. The van der Waals surface area contributed by atoms with Gasteiger partial charge < -0.3 is 11.0 Å². The van der Waals surface area contributed by atoms with E-state index in [2.05, 4.69) is 31.0 Å². The van der Waals surface area contributed by atoms with Crippen molar-refractivity contribution in [3.63, 3.8) is 0 Å². The Morgan fingerprint density at radius 2 is 2.00 bits per heavy atom. The van der Waals surface area contributed by atoms with Gasteiger partial charge in [0.2, 0.25) is 0 Å². The SMILES string of the molecule is CC(C)(C)C1CCC(=N\N)/C(=N\O)C1. The summed E-state index contributed by atoms with van der Waals surface area (Å²) in [6, 6.07) is 0. The van der Waals surface area contributed by atoms with Crippen LogP contribution in [0, 0.1) is 11.3 Å². The molecule has 0 radical (unpaired) electrons. The predicted molar refractivity (Wildman–Crippen MR) is 57.6 cm³/mol. The van der Waals surface area contributed by atoms with Gasteiger partial charge in [0.1, 0.15) is 5.71 Å². The molecule has 1 aliphatic carbocycles. The Hall–Kier alpha value is -1.06. The Labute approximate surface area is 84.9 Å². The molecule has 1 unspecified atom stereocenters. The Morgan fingerprint density at radius 3 is 2.43 bits per heavy atom. The van der Waals surface area contributed by atoms with Crippen molar-refractivity contribution in [1.82, 2.24) is 0 Å². The van der Waals surface area contributed by atoms with Gasteiger partial charge in [-0.2, -0.15) is 5.10 Å². The molecule has 4 nitrogen and oxygen atoms in total. The molecule has 0 aliphatic heterocycles. The van der Waals surface area contributed by atoms with Crippen LogP contribution >= 0.6 is 0 Å². The lowest BCUT2D eigenvalue weighted by molar-refractivity contribution is 0.229. The van der Waals surface area contributed by atoms with E-state index < -0.39 is 0 Å². The Kier molecular flexibility index (Phi) is 3.13. The van der Waals surface area contributed by atoms with Gasteiger partial charge in [-0.25, -0.2) is 0 Å². The summed E-state index contributed by atoms with van der Waals surface area (Å²) >= 11 is 0.